The summed E-state index contributed by atoms with van der Waals surface area (Å²) >= 11 is 11.9. The number of benzene rings is 2. The van der Waals surface area contributed by atoms with Gasteiger partial charge in [-0.3, -0.25) is 10.1 Å². The summed E-state index contributed by atoms with van der Waals surface area (Å²) in [5.41, 5.74) is 0.860. The van der Waals surface area contributed by atoms with Crippen molar-refractivity contribution < 1.29 is 14.8 Å². The minimum Gasteiger partial charge on any atom is -0.482 e. The van der Waals surface area contributed by atoms with Gasteiger partial charge in [0.05, 0.1) is 21.6 Å². The molecule has 0 saturated heterocycles. The molecule has 0 aliphatic carbocycles. The van der Waals surface area contributed by atoms with Gasteiger partial charge in [0.1, 0.15) is 6.61 Å². The predicted molar refractivity (Wildman–Crippen MR) is 79.8 cm³/mol. The molecule has 2 rings (SSSR count). The number of nitro benzene ring substituents is 1. The second-order valence-electron chi connectivity index (χ2n) is 4.22. The molecular weight excluding hydrogens is 317 g/mol. The van der Waals surface area contributed by atoms with Crippen molar-refractivity contribution in [2.24, 2.45) is 0 Å². The second-order valence-corrected chi connectivity index (χ2v) is 5.00. The Morgan fingerprint density at radius 3 is 2.67 bits per heavy atom. The molecule has 0 bridgehead atoms. The van der Waals surface area contributed by atoms with E-state index in [1.165, 1.54) is 12.1 Å². The van der Waals surface area contributed by atoms with E-state index in [1.807, 2.05) is 0 Å². The van der Waals surface area contributed by atoms with E-state index in [4.69, 9.17) is 33.0 Å². The Bertz CT molecular complexity index is 676. The van der Waals surface area contributed by atoms with Crippen molar-refractivity contribution in [3.63, 3.8) is 0 Å². The Kier molecular flexibility index (Phi) is 5.01. The normalized spacial score (nSPS) is 10.4. The highest BCUT2D eigenvalue weighted by molar-refractivity contribution is 6.42. The van der Waals surface area contributed by atoms with Crippen LogP contribution < -0.4 is 4.74 Å². The fourth-order valence-electron chi connectivity index (χ4n) is 1.74. The Hall–Kier alpha value is -1.82. The molecule has 0 atom stereocenters. The van der Waals surface area contributed by atoms with Crippen molar-refractivity contribution in [1.29, 1.82) is 0 Å². The summed E-state index contributed by atoms with van der Waals surface area (Å²) in [5, 5.41) is 20.8. The molecule has 0 heterocycles. The van der Waals surface area contributed by atoms with Crippen LogP contribution >= 0.6 is 23.2 Å². The smallest absolute Gasteiger partial charge is 0.311 e. The van der Waals surface area contributed by atoms with Gasteiger partial charge < -0.3 is 9.84 Å². The Balaban J connectivity index is 2.23. The first-order chi connectivity index (χ1) is 10.0. The van der Waals surface area contributed by atoms with Gasteiger partial charge >= 0.3 is 5.69 Å². The first kappa shape index (κ1) is 15.6. The molecule has 110 valence electrons. The molecule has 21 heavy (non-hydrogen) atoms. The minimum absolute atomic E-state index is 0.0543. The summed E-state index contributed by atoms with van der Waals surface area (Å²) in [7, 11) is 0. The molecule has 2 aromatic carbocycles. The second kappa shape index (κ2) is 6.76. The SMILES string of the molecule is O=[N+]([O-])c1cc(CO)ccc1OCc1cccc(Cl)c1Cl. The molecule has 0 aliphatic rings. The van der Waals surface area contributed by atoms with Gasteiger partial charge in [-0.1, -0.05) is 41.4 Å². The van der Waals surface area contributed by atoms with Crippen LogP contribution in [0.3, 0.4) is 0 Å². The maximum atomic E-state index is 11.0. The van der Waals surface area contributed by atoms with Crippen LogP contribution in [0.25, 0.3) is 0 Å². The average molecular weight is 328 g/mol. The number of aliphatic hydroxyl groups excluding tert-OH is 1. The van der Waals surface area contributed by atoms with Gasteiger partial charge in [0.2, 0.25) is 0 Å². The van der Waals surface area contributed by atoms with Gasteiger partial charge in [0, 0.05) is 11.6 Å². The molecule has 1 N–H and O–H groups in total. The number of aliphatic hydroxyl groups is 1. The Labute approximate surface area is 130 Å². The summed E-state index contributed by atoms with van der Waals surface area (Å²) in [6, 6.07) is 9.36. The fraction of sp³-hybridized carbons (Fsp3) is 0.143. The Morgan fingerprint density at radius 2 is 2.00 bits per heavy atom. The number of halogens is 2. The van der Waals surface area contributed by atoms with Crippen molar-refractivity contribution in [3.8, 4) is 5.75 Å². The van der Waals surface area contributed by atoms with E-state index in [2.05, 4.69) is 0 Å². The number of rotatable bonds is 5. The zero-order chi connectivity index (χ0) is 15.4. The quantitative estimate of drug-likeness (QED) is 0.666. The highest BCUT2D eigenvalue weighted by Gasteiger charge is 2.16. The molecule has 2 aromatic rings. The van der Waals surface area contributed by atoms with Crippen LogP contribution in [0.5, 0.6) is 5.75 Å². The van der Waals surface area contributed by atoms with Crippen LogP contribution in [-0.2, 0) is 13.2 Å². The third kappa shape index (κ3) is 3.64. The lowest BCUT2D eigenvalue weighted by Gasteiger charge is -2.09. The summed E-state index contributed by atoms with van der Waals surface area (Å²) in [6.45, 7) is -0.222. The van der Waals surface area contributed by atoms with Crippen LogP contribution in [0.2, 0.25) is 10.0 Å². The molecule has 0 fully saturated rings. The lowest BCUT2D eigenvalue weighted by atomic mass is 10.2. The number of nitrogens with zero attached hydrogens (tertiary/aromatic N) is 1. The molecule has 7 heteroatoms. The zero-order valence-corrected chi connectivity index (χ0v) is 12.3. The molecule has 0 radical (unpaired) electrons. The topological polar surface area (TPSA) is 72.6 Å². The van der Waals surface area contributed by atoms with E-state index in [9.17, 15) is 10.1 Å². The molecule has 0 aromatic heterocycles. The molecule has 0 amide bonds. The van der Waals surface area contributed by atoms with E-state index in [0.717, 1.165) is 0 Å². The van der Waals surface area contributed by atoms with Gasteiger partial charge in [-0.25, -0.2) is 0 Å². The highest BCUT2D eigenvalue weighted by atomic mass is 35.5. The standard InChI is InChI=1S/C14H11Cl2NO4/c15-11-3-1-2-10(14(11)16)8-21-13-5-4-9(7-18)6-12(13)17(19)20/h1-6,18H,7-8H2. The third-order valence-electron chi connectivity index (χ3n) is 2.82. The van der Waals surface area contributed by atoms with Crippen LogP contribution in [0.15, 0.2) is 36.4 Å². The van der Waals surface area contributed by atoms with Crippen LogP contribution in [0.1, 0.15) is 11.1 Å². The van der Waals surface area contributed by atoms with Crippen molar-refractivity contribution >= 4 is 28.9 Å². The highest BCUT2D eigenvalue weighted by Crippen LogP contribution is 2.31. The van der Waals surface area contributed by atoms with E-state index in [1.54, 1.807) is 24.3 Å². The van der Waals surface area contributed by atoms with Gasteiger partial charge in [-0.2, -0.15) is 0 Å². The van der Waals surface area contributed by atoms with E-state index in [0.29, 0.717) is 21.2 Å². The molecule has 0 aliphatic heterocycles. The maximum Gasteiger partial charge on any atom is 0.311 e. The lowest BCUT2D eigenvalue weighted by Crippen LogP contribution is -2.00. The molecule has 5 nitrogen and oxygen atoms in total. The molecule has 0 spiro atoms. The summed E-state index contributed by atoms with van der Waals surface area (Å²) in [5.74, 6) is 0.105. The number of ether oxygens (including phenoxy) is 1. The van der Waals surface area contributed by atoms with Gasteiger partial charge in [0.25, 0.3) is 0 Å². The van der Waals surface area contributed by atoms with Gasteiger partial charge in [-0.15, -0.1) is 0 Å². The zero-order valence-electron chi connectivity index (χ0n) is 10.8. The summed E-state index contributed by atoms with van der Waals surface area (Å²) in [6.07, 6.45) is 0. The largest absolute Gasteiger partial charge is 0.482 e. The van der Waals surface area contributed by atoms with Crippen molar-refractivity contribution in [3.05, 3.63) is 67.7 Å². The molecule has 0 unspecified atom stereocenters. The fourth-order valence-corrected chi connectivity index (χ4v) is 2.12. The Morgan fingerprint density at radius 1 is 1.24 bits per heavy atom. The number of hydrogen-bond acceptors (Lipinski definition) is 4. The van der Waals surface area contributed by atoms with Gasteiger partial charge in [-0.05, 0) is 17.7 Å². The average Bonchev–Trinajstić information content (AvgIpc) is 2.48. The monoisotopic (exact) mass is 327 g/mol. The molecule has 0 saturated carbocycles. The van der Waals surface area contributed by atoms with Crippen molar-refractivity contribution in [2.75, 3.05) is 0 Å². The van der Waals surface area contributed by atoms with Crippen molar-refractivity contribution in [1.82, 2.24) is 0 Å². The molecular formula is C14H11Cl2NO4. The van der Waals surface area contributed by atoms with Crippen LogP contribution in [0, 0.1) is 10.1 Å². The maximum absolute atomic E-state index is 11.0. The number of hydrogen-bond donors (Lipinski definition) is 1. The van der Waals surface area contributed by atoms with Crippen molar-refractivity contribution in [2.45, 2.75) is 13.2 Å². The van der Waals surface area contributed by atoms with E-state index < -0.39 is 4.92 Å². The van der Waals surface area contributed by atoms with E-state index in [-0.39, 0.29) is 24.7 Å². The number of nitro groups is 1. The minimum atomic E-state index is -0.561. The predicted octanol–water partition coefficient (Wildman–Crippen LogP) is 3.97. The first-order valence-corrected chi connectivity index (χ1v) is 6.72. The van der Waals surface area contributed by atoms with Crippen LogP contribution in [0.4, 0.5) is 5.69 Å². The lowest BCUT2D eigenvalue weighted by molar-refractivity contribution is -0.386. The van der Waals surface area contributed by atoms with E-state index >= 15 is 0 Å². The third-order valence-corrected chi connectivity index (χ3v) is 3.68. The summed E-state index contributed by atoms with van der Waals surface area (Å²) < 4.78 is 5.45. The summed E-state index contributed by atoms with van der Waals surface area (Å²) in [4.78, 5) is 10.5. The van der Waals surface area contributed by atoms with Crippen LogP contribution in [-0.4, -0.2) is 10.0 Å². The first-order valence-electron chi connectivity index (χ1n) is 5.96. The van der Waals surface area contributed by atoms with Gasteiger partial charge in [0.15, 0.2) is 5.75 Å².